The average molecular weight is 370 g/mol. The van der Waals surface area contributed by atoms with E-state index in [4.69, 9.17) is 0 Å². The van der Waals surface area contributed by atoms with E-state index in [2.05, 4.69) is 5.32 Å². The molecular formula is C22H31N3O2. The Morgan fingerprint density at radius 2 is 1.67 bits per heavy atom. The molecule has 4 rings (SSSR count). The van der Waals surface area contributed by atoms with Crippen LogP contribution in [0.4, 0.5) is 0 Å². The van der Waals surface area contributed by atoms with E-state index in [0.717, 1.165) is 63.7 Å². The molecule has 5 heteroatoms. The number of carbonyl (C=O) groups excluding carboxylic acids is 2. The van der Waals surface area contributed by atoms with Gasteiger partial charge in [0, 0.05) is 25.2 Å². The Kier molecular flexibility index (Phi) is 5.77. The topological polar surface area (TPSA) is 52.7 Å². The number of piperidine rings is 2. The Balaban J connectivity index is 1.35. The third-order valence-corrected chi connectivity index (χ3v) is 6.67. The number of nitrogens with one attached hydrogen (secondary N) is 1. The monoisotopic (exact) mass is 369 g/mol. The van der Waals surface area contributed by atoms with E-state index in [-0.39, 0.29) is 17.9 Å². The standard InChI is InChI=1S/C22H31N3O2/c26-21(18-6-2-1-3-7-18)25-13-5-9-20(25)22(27)24-14-10-17(11-15-24)19-8-4-12-23-16-19/h1-3,6-7,17,19-20,23H,4-5,8-16H2. The highest BCUT2D eigenvalue weighted by molar-refractivity contribution is 5.97. The van der Waals surface area contributed by atoms with Crippen LogP contribution < -0.4 is 5.32 Å². The van der Waals surface area contributed by atoms with Gasteiger partial charge in [0.05, 0.1) is 0 Å². The lowest BCUT2D eigenvalue weighted by Gasteiger charge is -2.39. The summed E-state index contributed by atoms with van der Waals surface area (Å²) in [6.07, 6.45) is 6.54. The van der Waals surface area contributed by atoms with Crippen molar-refractivity contribution in [2.75, 3.05) is 32.7 Å². The molecule has 0 aromatic heterocycles. The Bertz CT molecular complexity index is 649. The molecule has 3 saturated heterocycles. The summed E-state index contributed by atoms with van der Waals surface area (Å²) in [5, 5.41) is 3.52. The van der Waals surface area contributed by atoms with E-state index in [9.17, 15) is 9.59 Å². The van der Waals surface area contributed by atoms with Crippen LogP contribution in [0, 0.1) is 11.8 Å². The Morgan fingerprint density at radius 1 is 0.889 bits per heavy atom. The zero-order chi connectivity index (χ0) is 18.6. The molecule has 0 spiro atoms. The molecule has 3 fully saturated rings. The maximum atomic E-state index is 13.1. The normalized spacial score (nSPS) is 27.0. The molecule has 0 saturated carbocycles. The van der Waals surface area contributed by atoms with Gasteiger partial charge in [0.25, 0.3) is 5.91 Å². The molecule has 27 heavy (non-hydrogen) atoms. The SMILES string of the molecule is O=C(C1CCCN1C(=O)c1ccccc1)N1CCC(C2CCCNC2)CC1. The largest absolute Gasteiger partial charge is 0.341 e. The maximum Gasteiger partial charge on any atom is 0.254 e. The van der Waals surface area contributed by atoms with Gasteiger partial charge >= 0.3 is 0 Å². The molecule has 3 aliphatic heterocycles. The lowest BCUT2D eigenvalue weighted by atomic mass is 9.80. The zero-order valence-corrected chi connectivity index (χ0v) is 16.1. The van der Waals surface area contributed by atoms with Crippen molar-refractivity contribution in [1.29, 1.82) is 0 Å². The summed E-state index contributed by atoms with van der Waals surface area (Å²) in [5.41, 5.74) is 0.681. The van der Waals surface area contributed by atoms with Crippen LogP contribution in [0.1, 0.15) is 48.9 Å². The first-order valence-corrected chi connectivity index (χ1v) is 10.6. The van der Waals surface area contributed by atoms with Crippen molar-refractivity contribution in [3.05, 3.63) is 35.9 Å². The number of amides is 2. The van der Waals surface area contributed by atoms with E-state index in [0.29, 0.717) is 12.1 Å². The molecule has 0 aliphatic carbocycles. The highest BCUT2D eigenvalue weighted by atomic mass is 16.2. The van der Waals surface area contributed by atoms with Crippen LogP contribution in [0.2, 0.25) is 0 Å². The number of benzene rings is 1. The number of likely N-dealkylation sites (tertiary alicyclic amines) is 2. The zero-order valence-electron chi connectivity index (χ0n) is 16.1. The highest BCUT2D eigenvalue weighted by Gasteiger charge is 2.38. The Labute approximate surface area is 162 Å². The molecule has 2 atom stereocenters. The summed E-state index contributed by atoms with van der Waals surface area (Å²) in [4.78, 5) is 29.8. The molecule has 1 aromatic carbocycles. The number of hydrogen-bond acceptors (Lipinski definition) is 3. The van der Waals surface area contributed by atoms with Crippen LogP contribution >= 0.6 is 0 Å². The van der Waals surface area contributed by atoms with Crippen molar-refractivity contribution in [3.63, 3.8) is 0 Å². The van der Waals surface area contributed by atoms with E-state index in [1.165, 1.54) is 12.8 Å². The van der Waals surface area contributed by atoms with Crippen LogP contribution in [0.15, 0.2) is 30.3 Å². The van der Waals surface area contributed by atoms with Crippen molar-refractivity contribution in [2.45, 2.75) is 44.6 Å². The molecule has 0 radical (unpaired) electrons. The quantitative estimate of drug-likeness (QED) is 0.891. The number of nitrogens with zero attached hydrogens (tertiary/aromatic N) is 2. The predicted octanol–water partition coefficient (Wildman–Crippen LogP) is 2.53. The second kappa shape index (κ2) is 8.42. The smallest absolute Gasteiger partial charge is 0.254 e. The first kappa shape index (κ1) is 18.5. The third-order valence-electron chi connectivity index (χ3n) is 6.67. The van der Waals surface area contributed by atoms with Crippen molar-refractivity contribution < 1.29 is 9.59 Å². The molecule has 2 amide bonds. The van der Waals surface area contributed by atoms with Gasteiger partial charge in [-0.2, -0.15) is 0 Å². The van der Waals surface area contributed by atoms with Gasteiger partial charge in [-0.3, -0.25) is 9.59 Å². The fourth-order valence-electron chi connectivity index (χ4n) is 5.10. The molecular weight excluding hydrogens is 338 g/mol. The first-order chi connectivity index (χ1) is 13.2. The minimum Gasteiger partial charge on any atom is -0.341 e. The minimum absolute atomic E-state index is 0.00499. The van der Waals surface area contributed by atoms with Gasteiger partial charge in [-0.15, -0.1) is 0 Å². The predicted molar refractivity (Wildman–Crippen MR) is 105 cm³/mol. The van der Waals surface area contributed by atoms with Gasteiger partial charge in [-0.25, -0.2) is 0 Å². The summed E-state index contributed by atoms with van der Waals surface area (Å²) >= 11 is 0. The van der Waals surface area contributed by atoms with Crippen LogP contribution in [-0.4, -0.2) is 60.4 Å². The van der Waals surface area contributed by atoms with Crippen LogP contribution in [-0.2, 0) is 4.79 Å². The summed E-state index contributed by atoms with van der Waals surface area (Å²) in [7, 11) is 0. The minimum atomic E-state index is -0.273. The van der Waals surface area contributed by atoms with E-state index < -0.39 is 0 Å². The summed E-state index contributed by atoms with van der Waals surface area (Å²) in [5.74, 6) is 1.68. The van der Waals surface area contributed by atoms with E-state index in [1.54, 1.807) is 4.90 Å². The second-order valence-electron chi connectivity index (χ2n) is 8.29. The molecule has 2 unspecified atom stereocenters. The van der Waals surface area contributed by atoms with Crippen molar-refractivity contribution in [3.8, 4) is 0 Å². The molecule has 1 aromatic rings. The van der Waals surface area contributed by atoms with Gasteiger partial charge in [0.2, 0.25) is 5.91 Å². The average Bonchev–Trinajstić information content (AvgIpc) is 3.24. The van der Waals surface area contributed by atoms with Crippen molar-refractivity contribution in [1.82, 2.24) is 15.1 Å². The molecule has 3 aliphatic rings. The molecule has 5 nitrogen and oxygen atoms in total. The summed E-state index contributed by atoms with van der Waals surface area (Å²) < 4.78 is 0. The highest BCUT2D eigenvalue weighted by Crippen LogP contribution is 2.31. The second-order valence-corrected chi connectivity index (χ2v) is 8.29. The van der Waals surface area contributed by atoms with Crippen LogP contribution in [0.3, 0.4) is 0 Å². The maximum absolute atomic E-state index is 13.1. The van der Waals surface area contributed by atoms with E-state index >= 15 is 0 Å². The fraction of sp³-hybridized carbons (Fsp3) is 0.636. The summed E-state index contributed by atoms with van der Waals surface area (Å²) in [6, 6.07) is 9.08. The van der Waals surface area contributed by atoms with Gasteiger partial charge in [0.15, 0.2) is 0 Å². The molecule has 0 bridgehead atoms. The van der Waals surface area contributed by atoms with Crippen LogP contribution in [0.5, 0.6) is 0 Å². The molecule has 1 N–H and O–H groups in total. The lowest BCUT2D eigenvalue weighted by molar-refractivity contribution is -0.137. The van der Waals surface area contributed by atoms with Crippen molar-refractivity contribution >= 4 is 11.8 Å². The van der Waals surface area contributed by atoms with Gasteiger partial charge in [-0.05, 0) is 75.6 Å². The van der Waals surface area contributed by atoms with E-state index in [1.807, 2.05) is 35.2 Å². The Morgan fingerprint density at radius 3 is 2.37 bits per heavy atom. The fourth-order valence-corrected chi connectivity index (χ4v) is 5.10. The lowest BCUT2D eigenvalue weighted by Crippen LogP contribution is -2.50. The van der Waals surface area contributed by atoms with Gasteiger partial charge in [-0.1, -0.05) is 18.2 Å². The first-order valence-electron chi connectivity index (χ1n) is 10.6. The summed E-state index contributed by atoms with van der Waals surface area (Å²) in [6.45, 7) is 4.68. The molecule has 3 heterocycles. The van der Waals surface area contributed by atoms with Gasteiger partial charge < -0.3 is 15.1 Å². The number of carbonyl (C=O) groups is 2. The number of rotatable bonds is 3. The third kappa shape index (κ3) is 4.03. The van der Waals surface area contributed by atoms with Crippen LogP contribution in [0.25, 0.3) is 0 Å². The Hall–Kier alpha value is -1.88. The van der Waals surface area contributed by atoms with Gasteiger partial charge in [0.1, 0.15) is 6.04 Å². The number of hydrogen-bond donors (Lipinski definition) is 1. The molecule has 146 valence electrons. The van der Waals surface area contributed by atoms with Crippen molar-refractivity contribution in [2.24, 2.45) is 11.8 Å².